The molecular weight excluding hydrogens is 840 g/mol. The van der Waals surface area contributed by atoms with Gasteiger partial charge in [-0.05, 0) is 27.8 Å². The first-order valence-corrected chi connectivity index (χ1v) is 21.4. The molecule has 8 rings (SSSR count). The van der Waals surface area contributed by atoms with E-state index in [4.69, 9.17) is 21.3 Å². The number of esters is 1. The maximum Gasteiger partial charge on any atom is 0.407 e. The highest BCUT2D eigenvalue weighted by Crippen LogP contribution is 2.45. The molecule has 6 aromatic rings. The third kappa shape index (κ3) is 8.65. The molecule has 0 bridgehead atoms. The van der Waals surface area contributed by atoms with Crippen LogP contribution in [0.3, 0.4) is 0 Å². The van der Waals surface area contributed by atoms with Crippen molar-refractivity contribution >= 4 is 63.3 Å². The van der Waals surface area contributed by atoms with E-state index in [2.05, 4.69) is 20.6 Å². The van der Waals surface area contributed by atoms with Crippen LogP contribution in [0.1, 0.15) is 46.0 Å². The van der Waals surface area contributed by atoms with E-state index >= 15 is 0 Å². The second-order valence-electron chi connectivity index (χ2n) is 13.8. The van der Waals surface area contributed by atoms with Crippen LogP contribution >= 0.6 is 34.7 Å². The Bertz CT molecular complexity index is 2420. The first kappa shape index (κ1) is 41.4. The van der Waals surface area contributed by atoms with E-state index in [9.17, 15) is 23.2 Å². The Hall–Kier alpha value is -6.35. The lowest BCUT2D eigenvalue weighted by Crippen LogP contribution is -2.58. The predicted octanol–water partition coefficient (Wildman–Crippen LogP) is 9.06. The molecule has 2 amide bonds. The van der Waals surface area contributed by atoms with Gasteiger partial charge in [0.2, 0.25) is 5.91 Å². The number of β-lactam (4-membered cyclic amide) rings is 1. The lowest BCUT2D eigenvalue weighted by molar-refractivity contribution is -0.152. The van der Waals surface area contributed by atoms with Gasteiger partial charge in [0.25, 0.3) is 5.91 Å². The zero-order valence-electron chi connectivity index (χ0n) is 32.1. The van der Waals surface area contributed by atoms with Gasteiger partial charge in [-0.3, -0.25) is 14.5 Å². The number of halogens is 3. The molecule has 2 N–H and O–H groups in total. The lowest BCUT2D eigenvalue weighted by atomic mass is 9.77. The molecule has 2 aliphatic rings. The van der Waals surface area contributed by atoms with E-state index in [-0.39, 0.29) is 35.2 Å². The molecule has 0 aliphatic carbocycles. The largest absolute Gasteiger partial charge is 0.448 e. The highest BCUT2D eigenvalue weighted by Gasteiger charge is 2.50. The van der Waals surface area contributed by atoms with E-state index in [1.807, 2.05) is 152 Å². The van der Waals surface area contributed by atoms with Crippen molar-refractivity contribution in [1.29, 1.82) is 0 Å². The fourth-order valence-electron chi connectivity index (χ4n) is 7.38. The summed E-state index contributed by atoms with van der Waals surface area (Å²) in [5.74, 6) is -2.36. The molecule has 308 valence electrons. The van der Waals surface area contributed by atoms with E-state index in [0.29, 0.717) is 16.3 Å². The van der Waals surface area contributed by atoms with Crippen molar-refractivity contribution in [3.05, 3.63) is 202 Å². The van der Waals surface area contributed by atoms with Crippen molar-refractivity contribution < 1.29 is 32.7 Å². The maximum absolute atomic E-state index is 14.3. The molecule has 1 saturated heterocycles. The number of oxime groups is 1. The fourth-order valence-corrected chi connectivity index (χ4v) is 9.93. The SMILES string of the molecule is O=C(OC(c1ccccc1)c1ccccc1)C1=C(CCl)C(NC(=O)/C(=N\OC(F)F)c2csc(NC(c3ccccc3)(c3ccccc3)c3ccccc3)n2)S[C@@H]2CC(=O)N12. The number of nitrogens with one attached hydrogen (secondary N) is 2. The highest BCUT2D eigenvalue weighted by atomic mass is 35.5. The van der Waals surface area contributed by atoms with Crippen molar-refractivity contribution in [2.24, 2.45) is 5.16 Å². The van der Waals surface area contributed by atoms with Gasteiger partial charge in [-0.1, -0.05) is 157 Å². The van der Waals surface area contributed by atoms with Crippen molar-refractivity contribution in [3.8, 4) is 0 Å². The highest BCUT2D eigenvalue weighted by molar-refractivity contribution is 8.00. The minimum atomic E-state index is -3.35. The summed E-state index contributed by atoms with van der Waals surface area (Å²) in [6.07, 6.45) is -0.759. The molecule has 2 aliphatic heterocycles. The third-order valence-electron chi connectivity index (χ3n) is 10.2. The number of nitrogens with zero attached hydrogens (tertiary/aromatic N) is 3. The number of alkyl halides is 3. The van der Waals surface area contributed by atoms with Crippen LogP contribution in [0.15, 0.2) is 173 Å². The molecule has 0 spiro atoms. The van der Waals surface area contributed by atoms with Crippen molar-refractivity contribution in [3.63, 3.8) is 0 Å². The summed E-state index contributed by atoms with van der Waals surface area (Å²) in [6.45, 7) is -3.35. The first-order chi connectivity index (χ1) is 29.8. The molecular formula is C46H36ClF2N5O5S2. The Morgan fingerprint density at radius 3 is 1.80 bits per heavy atom. The van der Waals surface area contributed by atoms with Crippen LogP contribution in [-0.4, -0.2) is 56.6 Å². The van der Waals surface area contributed by atoms with Gasteiger partial charge in [0.1, 0.15) is 22.3 Å². The number of rotatable bonds is 15. The van der Waals surface area contributed by atoms with Crippen molar-refractivity contribution in [2.75, 3.05) is 11.2 Å². The van der Waals surface area contributed by atoms with Crippen LogP contribution < -0.4 is 10.6 Å². The molecule has 3 heterocycles. The Morgan fingerprint density at radius 1 is 0.820 bits per heavy atom. The number of benzene rings is 5. The quantitative estimate of drug-likeness (QED) is 0.0262. The number of hydrogen-bond donors (Lipinski definition) is 2. The number of carbonyl (C=O) groups excluding carboxylic acids is 3. The minimum absolute atomic E-state index is 0.0559. The Balaban J connectivity index is 1.12. The fraction of sp³-hybridized carbons (Fsp3) is 0.152. The average molecular weight is 876 g/mol. The zero-order chi connectivity index (χ0) is 42.3. The first-order valence-electron chi connectivity index (χ1n) is 19.1. The standard InChI is InChI=1S/C46H36ClF2N5O5S2/c47-27-34-39(43(57)58-40(29-16-6-1-7-17-29)30-18-8-2-9-19-30)54-36(55)26-37(54)61-42(34)51-41(56)38(53-59-44(48)49)35-28-60-45(50-35)52-46(31-20-10-3-11-21-31,32-22-12-4-13-23-32)33-24-14-5-15-25-33/h1-25,28,37,40,42,44H,26-27H2,(H,50,52)(H,51,56)/b53-38-/t37-,42?/m1/s1. The summed E-state index contributed by atoms with van der Waals surface area (Å²) in [5.41, 5.74) is 2.57. The molecule has 2 atom stereocenters. The molecule has 61 heavy (non-hydrogen) atoms. The number of thioether (sulfide) groups is 1. The van der Waals surface area contributed by atoms with Gasteiger partial charge in [-0.25, -0.2) is 9.78 Å². The second kappa shape index (κ2) is 18.5. The predicted molar refractivity (Wildman–Crippen MR) is 232 cm³/mol. The number of ether oxygens (including phenoxy) is 1. The van der Waals surface area contributed by atoms with Gasteiger partial charge in [0, 0.05) is 16.8 Å². The van der Waals surface area contributed by atoms with Crippen LogP contribution in [0.2, 0.25) is 0 Å². The van der Waals surface area contributed by atoms with Crippen LogP contribution in [0.25, 0.3) is 0 Å². The summed E-state index contributed by atoms with van der Waals surface area (Å²) in [4.78, 5) is 51.9. The summed E-state index contributed by atoms with van der Waals surface area (Å²) in [5, 5.41) is 10.3. The number of anilines is 1. The molecule has 0 saturated carbocycles. The number of hydrogen-bond acceptors (Lipinski definition) is 10. The van der Waals surface area contributed by atoms with E-state index in [1.54, 1.807) is 0 Å². The molecule has 10 nitrogen and oxygen atoms in total. The topological polar surface area (TPSA) is 122 Å². The van der Waals surface area contributed by atoms with E-state index < -0.39 is 46.6 Å². The van der Waals surface area contributed by atoms with Gasteiger partial charge < -0.3 is 20.2 Å². The number of carbonyl (C=O) groups is 3. The molecule has 0 radical (unpaired) electrons. The number of amides is 2. The zero-order valence-corrected chi connectivity index (χ0v) is 34.5. The average Bonchev–Trinajstić information content (AvgIpc) is 3.76. The number of thiazole rings is 1. The van der Waals surface area contributed by atoms with Crippen LogP contribution in [0.4, 0.5) is 13.9 Å². The molecule has 1 fully saturated rings. The monoisotopic (exact) mass is 875 g/mol. The summed E-state index contributed by atoms with van der Waals surface area (Å²) < 4.78 is 33.3. The smallest absolute Gasteiger partial charge is 0.407 e. The van der Waals surface area contributed by atoms with E-state index in [0.717, 1.165) is 28.0 Å². The van der Waals surface area contributed by atoms with Gasteiger partial charge in [0.05, 0.1) is 11.8 Å². The maximum atomic E-state index is 14.3. The minimum Gasteiger partial charge on any atom is -0.448 e. The third-order valence-corrected chi connectivity index (χ3v) is 12.6. The molecule has 5 aromatic carbocycles. The van der Waals surface area contributed by atoms with Crippen LogP contribution in [0, 0.1) is 0 Å². The van der Waals surface area contributed by atoms with Crippen LogP contribution in [-0.2, 0) is 29.5 Å². The van der Waals surface area contributed by atoms with Gasteiger partial charge >= 0.3 is 12.6 Å². The lowest BCUT2D eigenvalue weighted by Gasteiger charge is -2.47. The molecule has 15 heteroatoms. The molecule has 1 unspecified atom stereocenters. The normalized spacial score (nSPS) is 16.5. The van der Waals surface area contributed by atoms with Crippen LogP contribution in [0.5, 0.6) is 0 Å². The Morgan fingerprint density at radius 2 is 1.33 bits per heavy atom. The second-order valence-corrected chi connectivity index (χ2v) is 16.3. The van der Waals surface area contributed by atoms with Gasteiger partial charge in [-0.15, -0.1) is 34.7 Å². The number of aromatic nitrogens is 1. The summed E-state index contributed by atoms with van der Waals surface area (Å²) in [7, 11) is 0. The van der Waals surface area contributed by atoms with E-state index in [1.165, 1.54) is 22.0 Å². The van der Waals surface area contributed by atoms with Crippen molar-refractivity contribution in [1.82, 2.24) is 15.2 Å². The Kier molecular flexibility index (Phi) is 12.6. The van der Waals surface area contributed by atoms with Gasteiger partial charge in [-0.2, -0.15) is 8.78 Å². The summed E-state index contributed by atoms with van der Waals surface area (Å²) >= 11 is 8.84. The molecule has 1 aromatic heterocycles. The summed E-state index contributed by atoms with van der Waals surface area (Å²) in [6, 6.07) is 47.6. The Labute approximate surface area is 363 Å². The van der Waals surface area contributed by atoms with Crippen molar-refractivity contribution in [2.45, 2.75) is 35.4 Å². The number of fused-ring (bicyclic) bond motifs is 1. The van der Waals surface area contributed by atoms with Gasteiger partial charge in [0.15, 0.2) is 16.9 Å².